The average molecular weight is 719 g/mol. The van der Waals surface area contributed by atoms with Crippen LogP contribution in [-0.2, 0) is 10.8 Å². The summed E-state index contributed by atoms with van der Waals surface area (Å²) in [6, 6.07) is 60.4. The lowest BCUT2D eigenvalue weighted by atomic mass is 9.79. The third kappa shape index (κ3) is 4.81. The molecule has 0 radical (unpaired) electrons. The van der Waals surface area contributed by atoms with E-state index in [4.69, 9.17) is 9.98 Å². The molecule has 2 nitrogen and oxygen atoms in total. The molecule has 7 aromatic carbocycles. The van der Waals surface area contributed by atoms with Gasteiger partial charge in [0.2, 0.25) is 0 Å². The van der Waals surface area contributed by atoms with Crippen LogP contribution in [0.5, 0.6) is 0 Å². The van der Waals surface area contributed by atoms with E-state index < -0.39 is 0 Å². The second-order valence-corrected chi connectivity index (χ2v) is 16.9. The normalized spacial score (nSPS) is 16.7. The first-order valence-corrected chi connectivity index (χ1v) is 19.9. The number of benzene rings is 7. The fraction of sp³-hybridized carbons (Fsp3) is 0.148. The van der Waals surface area contributed by atoms with Crippen molar-refractivity contribution in [3.05, 3.63) is 203 Å². The van der Waals surface area contributed by atoms with Gasteiger partial charge >= 0.3 is 0 Å². The molecule has 1 unspecified atom stereocenters. The van der Waals surface area contributed by atoms with E-state index in [2.05, 4.69) is 191 Å². The van der Waals surface area contributed by atoms with E-state index in [0.29, 0.717) is 0 Å². The Hall–Kier alpha value is -6.38. The zero-order chi connectivity index (χ0) is 37.8. The van der Waals surface area contributed by atoms with Crippen LogP contribution in [0.2, 0.25) is 0 Å². The average Bonchev–Trinajstić information content (AvgIpc) is 3.62. The van der Waals surface area contributed by atoms with Crippen LogP contribution in [0.25, 0.3) is 55.5 Å². The molecule has 2 heterocycles. The molecule has 2 aliphatic carbocycles. The number of aliphatic imine (C=N–C) groups is 1. The molecular weight excluding hydrogens is 677 g/mol. The smallest absolute Gasteiger partial charge is 0.0975 e. The number of nitrogens with zero attached hydrogens (tertiary/aromatic N) is 2. The van der Waals surface area contributed by atoms with E-state index in [-0.39, 0.29) is 16.7 Å². The van der Waals surface area contributed by atoms with Crippen LogP contribution in [0.1, 0.15) is 79.0 Å². The van der Waals surface area contributed by atoms with Gasteiger partial charge in [-0.05, 0) is 90.5 Å². The molecule has 1 aliphatic heterocycles. The predicted octanol–water partition coefficient (Wildman–Crippen LogP) is 13.8. The first-order chi connectivity index (χ1) is 27.3. The molecule has 0 bridgehead atoms. The van der Waals surface area contributed by atoms with Crippen LogP contribution < -0.4 is 0 Å². The highest BCUT2D eigenvalue weighted by atomic mass is 14.8. The summed E-state index contributed by atoms with van der Waals surface area (Å²) >= 11 is 0. The Bertz CT molecular complexity index is 2930. The zero-order valence-corrected chi connectivity index (χ0v) is 32.3. The third-order valence-electron chi connectivity index (χ3n) is 13.1. The minimum Gasteiger partial charge on any atom is -0.250 e. The van der Waals surface area contributed by atoms with Crippen molar-refractivity contribution in [3.8, 4) is 44.6 Å². The summed E-state index contributed by atoms with van der Waals surface area (Å²) in [6.07, 6.45) is 0.820. The van der Waals surface area contributed by atoms with Crippen LogP contribution in [0, 0.1) is 0 Å². The highest BCUT2D eigenvalue weighted by Crippen LogP contribution is 2.52. The maximum atomic E-state index is 5.67. The molecule has 3 aliphatic rings. The summed E-state index contributed by atoms with van der Waals surface area (Å²) in [5.74, 6) is 0.145. The molecule has 0 spiro atoms. The highest BCUT2D eigenvalue weighted by Gasteiger charge is 2.37. The molecule has 1 aromatic heterocycles. The standard InChI is InChI=1S/C54H42N2/c1-53(2)45-21-13-11-19-37(45)39-25-23-35(29-47(39)53)49-31-43(33-15-7-5-8-16-33)41-27-28-42-44(34-17-9-6-10-18-34)32-50(56-52(42)51(41)55-49)36-24-26-40-38-20-12-14-22-46(38)54(3,4)48(40)30-36/h5-31,44H,32H2,1-4H3. The molecule has 56 heavy (non-hydrogen) atoms. The molecule has 2 heteroatoms. The number of rotatable bonds is 4. The van der Waals surface area contributed by atoms with E-state index in [1.54, 1.807) is 0 Å². The Balaban J connectivity index is 1.14. The Kier molecular flexibility index (Phi) is 7.11. The monoisotopic (exact) mass is 718 g/mol. The number of aromatic nitrogens is 1. The molecule has 0 N–H and O–H groups in total. The van der Waals surface area contributed by atoms with Gasteiger partial charge in [-0.1, -0.05) is 173 Å². The number of pyridine rings is 1. The second kappa shape index (κ2) is 12.1. The van der Waals surface area contributed by atoms with Gasteiger partial charge in [-0.15, -0.1) is 0 Å². The van der Waals surface area contributed by atoms with Crippen LogP contribution in [-0.4, -0.2) is 10.7 Å². The first kappa shape index (κ1) is 33.0. The quantitative estimate of drug-likeness (QED) is 0.178. The minimum atomic E-state index is -0.103. The van der Waals surface area contributed by atoms with Gasteiger partial charge in [0.05, 0.1) is 16.9 Å². The lowest BCUT2D eigenvalue weighted by Crippen LogP contribution is -2.18. The fourth-order valence-corrected chi connectivity index (χ4v) is 10.1. The van der Waals surface area contributed by atoms with Crippen molar-refractivity contribution < 1.29 is 0 Å². The van der Waals surface area contributed by atoms with Crippen molar-refractivity contribution in [2.24, 2.45) is 4.99 Å². The van der Waals surface area contributed by atoms with Gasteiger partial charge in [0.1, 0.15) is 0 Å². The van der Waals surface area contributed by atoms with Crippen molar-refractivity contribution in [3.63, 3.8) is 0 Å². The Labute approximate surface area is 329 Å². The molecule has 11 rings (SSSR count). The maximum Gasteiger partial charge on any atom is 0.0975 e. The SMILES string of the molecule is CC1(C)c2ccccc2-c2ccc(C3=Nc4c(ccc5c(-c6ccccc6)cc(-c6ccc7c(c6)C(C)(C)c6ccccc6-7)nc45)C(c4ccccc4)C3)cc21. The molecule has 8 aromatic rings. The highest BCUT2D eigenvalue weighted by molar-refractivity contribution is 6.10. The van der Waals surface area contributed by atoms with Crippen LogP contribution >= 0.6 is 0 Å². The minimum absolute atomic E-state index is 0.0898. The van der Waals surface area contributed by atoms with E-state index in [1.165, 1.54) is 72.3 Å². The number of hydrogen-bond donors (Lipinski definition) is 0. The first-order valence-electron chi connectivity index (χ1n) is 19.9. The largest absolute Gasteiger partial charge is 0.250 e. The molecule has 1 atom stereocenters. The van der Waals surface area contributed by atoms with Gasteiger partial charge in [0.15, 0.2) is 0 Å². The van der Waals surface area contributed by atoms with Crippen molar-refractivity contribution >= 4 is 22.3 Å². The van der Waals surface area contributed by atoms with Gasteiger partial charge < -0.3 is 0 Å². The topological polar surface area (TPSA) is 25.2 Å². The Morgan fingerprint density at radius 3 is 1.68 bits per heavy atom. The van der Waals surface area contributed by atoms with Crippen LogP contribution in [0.3, 0.4) is 0 Å². The van der Waals surface area contributed by atoms with Crippen molar-refractivity contribution in [2.75, 3.05) is 0 Å². The number of hydrogen-bond acceptors (Lipinski definition) is 2. The molecule has 0 saturated carbocycles. The van der Waals surface area contributed by atoms with E-state index in [9.17, 15) is 0 Å². The Morgan fingerprint density at radius 2 is 1.02 bits per heavy atom. The van der Waals surface area contributed by atoms with Crippen molar-refractivity contribution in [1.82, 2.24) is 4.98 Å². The molecule has 0 fully saturated rings. The van der Waals surface area contributed by atoms with Gasteiger partial charge in [0.25, 0.3) is 0 Å². The lowest BCUT2D eigenvalue weighted by molar-refractivity contribution is 0.660. The maximum absolute atomic E-state index is 5.67. The Morgan fingerprint density at radius 1 is 0.464 bits per heavy atom. The summed E-state index contributed by atoms with van der Waals surface area (Å²) in [6.45, 7) is 9.41. The van der Waals surface area contributed by atoms with Crippen molar-refractivity contribution in [1.29, 1.82) is 0 Å². The summed E-state index contributed by atoms with van der Waals surface area (Å²) in [4.78, 5) is 11.3. The molecule has 0 amide bonds. The van der Waals surface area contributed by atoms with E-state index >= 15 is 0 Å². The number of fused-ring (bicyclic) bond motifs is 9. The summed E-state index contributed by atoms with van der Waals surface area (Å²) in [7, 11) is 0. The molecule has 268 valence electrons. The predicted molar refractivity (Wildman–Crippen MR) is 233 cm³/mol. The second-order valence-electron chi connectivity index (χ2n) is 16.9. The van der Waals surface area contributed by atoms with Crippen molar-refractivity contribution in [2.45, 2.75) is 50.9 Å². The van der Waals surface area contributed by atoms with Crippen LogP contribution in [0.4, 0.5) is 5.69 Å². The van der Waals surface area contributed by atoms with Gasteiger partial charge in [0, 0.05) is 39.8 Å². The zero-order valence-electron chi connectivity index (χ0n) is 32.3. The summed E-state index contributed by atoms with van der Waals surface area (Å²) in [5, 5.41) is 1.12. The van der Waals surface area contributed by atoms with Crippen LogP contribution in [0.15, 0.2) is 169 Å². The van der Waals surface area contributed by atoms with E-state index in [1.807, 2.05) is 0 Å². The third-order valence-corrected chi connectivity index (χ3v) is 13.1. The lowest BCUT2D eigenvalue weighted by Gasteiger charge is -2.28. The fourth-order valence-electron chi connectivity index (χ4n) is 10.1. The van der Waals surface area contributed by atoms with Gasteiger partial charge in [-0.25, -0.2) is 4.98 Å². The molecule has 0 saturated heterocycles. The van der Waals surface area contributed by atoms with Gasteiger partial charge in [-0.3, -0.25) is 4.99 Å². The summed E-state index contributed by atoms with van der Waals surface area (Å²) in [5.41, 5.74) is 21.8. The molecular formula is C54H42N2. The summed E-state index contributed by atoms with van der Waals surface area (Å²) < 4.78 is 0. The van der Waals surface area contributed by atoms with E-state index in [0.717, 1.165) is 40.0 Å². The van der Waals surface area contributed by atoms with Gasteiger partial charge in [-0.2, -0.15) is 0 Å².